The molecule has 9 nitrogen and oxygen atoms in total. The Morgan fingerprint density at radius 2 is 1.97 bits per heavy atom. The van der Waals surface area contributed by atoms with Crippen molar-refractivity contribution in [1.29, 1.82) is 0 Å². The average molecular weight is 465 g/mol. The summed E-state index contributed by atoms with van der Waals surface area (Å²) >= 11 is 0. The van der Waals surface area contributed by atoms with Gasteiger partial charge in [-0.2, -0.15) is 0 Å². The van der Waals surface area contributed by atoms with Gasteiger partial charge in [-0.05, 0) is 45.1 Å². The van der Waals surface area contributed by atoms with Crippen LogP contribution in [0.15, 0.2) is 30.6 Å². The highest BCUT2D eigenvalue weighted by Crippen LogP contribution is 2.29. The van der Waals surface area contributed by atoms with Crippen LogP contribution in [0.1, 0.15) is 28.9 Å². The van der Waals surface area contributed by atoms with E-state index in [4.69, 9.17) is 0 Å². The molecule has 3 aromatic rings. The zero-order valence-electron chi connectivity index (χ0n) is 19.7. The molecule has 0 aromatic carbocycles. The van der Waals surface area contributed by atoms with E-state index < -0.39 is 5.82 Å². The zero-order chi connectivity index (χ0) is 23.8. The Labute approximate surface area is 198 Å². The number of carbonyl (C=O) groups excluding carboxylic acids is 1. The number of hydrogen-bond donors (Lipinski definition) is 2. The molecule has 5 heterocycles. The highest BCUT2D eigenvalue weighted by molar-refractivity contribution is 5.97. The normalized spacial score (nSPS) is 16.5. The van der Waals surface area contributed by atoms with Crippen molar-refractivity contribution < 1.29 is 9.18 Å². The fourth-order valence-electron chi connectivity index (χ4n) is 4.77. The number of nitrogens with one attached hydrogen (secondary N) is 2. The third-order valence-corrected chi connectivity index (χ3v) is 6.78. The molecule has 178 valence electrons. The highest BCUT2D eigenvalue weighted by Gasteiger charge is 2.25. The van der Waals surface area contributed by atoms with Crippen molar-refractivity contribution in [3.8, 4) is 11.4 Å². The van der Waals surface area contributed by atoms with Crippen LogP contribution in [0.3, 0.4) is 0 Å². The predicted octanol–water partition coefficient (Wildman–Crippen LogP) is 2.58. The van der Waals surface area contributed by atoms with Crippen LogP contribution in [0.2, 0.25) is 0 Å². The van der Waals surface area contributed by atoms with Crippen LogP contribution >= 0.6 is 0 Å². The van der Waals surface area contributed by atoms with Gasteiger partial charge in [0.2, 0.25) is 5.95 Å². The number of carbonyl (C=O) groups is 1. The molecule has 5 rings (SSSR count). The first kappa shape index (κ1) is 22.3. The van der Waals surface area contributed by atoms with E-state index >= 15 is 0 Å². The fraction of sp³-hybridized carbons (Fsp3) is 0.417. The number of halogens is 1. The summed E-state index contributed by atoms with van der Waals surface area (Å²) in [6, 6.07) is 6.22. The molecule has 10 heteroatoms. The number of amides is 1. The standard InChI is InChI=1S/C24H29FN8O/c1-31(2)15-7-10-33(11-8-15)16-4-5-21(27-13-16)29-24-28-14-18(25)22(30-24)20-12-17-19(32(20)3)6-9-26-23(17)34/h4-5,12-15H,6-11H2,1-3H3,(H,26,34)(H,27,28,29,30). The van der Waals surface area contributed by atoms with Gasteiger partial charge in [0.05, 0.1) is 29.3 Å². The van der Waals surface area contributed by atoms with Crippen molar-refractivity contribution in [2.75, 3.05) is 43.9 Å². The quantitative estimate of drug-likeness (QED) is 0.600. The van der Waals surface area contributed by atoms with Crippen LogP contribution in [-0.2, 0) is 13.5 Å². The summed E-state index contributed by atoms with van der Waals surface area (Å²) in [4.78, 5) is 29.8. The molecule has 0 aliphatic carbocycles. The molecule has 2 aliphatic rings. The molecule has 34 heavy (non-hydrogen) atoms. The second kappa shape index (κ2) is 9.02. The van der Waals surface area contributed by atoms with Crippen LogP contribution < -0.4 is 15.5 Å². The first-order valence-corrected chi connectivity index (χ1v) is 11.5. The molecule has 2 aliphatic heterocycles. The third-order valence-electron chi connectivity index (χ3n) is 6.78. The summed E-state index contributed by atoms with van der Waals surface area (Å²) in [5, 5.41) is 5.89. The number of aromatic nitrogens is 4. The first-order valence-electron chi connectivity index (χ1n) is 11.5. The second-order valence-electron chi connectivity index (χ2n) is 9.05. The lowest BCUT2D eigenvalue weighted by Crippen LogP contribution is -2.42. The number of pyridine rings is 1. The molecule has 0 unspecified atom stereocenters. The van der Waals surface area contributed by atoms with Gasteiger partial charge in [-0.1, -0.05) is 0 Å². The van der Waals surface area contributed by atoms with Crippen LogP contribution in [-0.4, -0.2) is 70.1 Å². The van der Waals surface area contributed by atoms with Crippen LogP contribution in [0.25, 0.3) is 11.4 Å². The van der Waals surface area contributed by atoms with E-state index in [0.29, 0.717) is 36.1 Å². The van der Waals surface area contributed by atoms with Crippen LogP contribution in [0.4, 0.5) is 21.8 Å². The van der Waals surface area contributed by atoms with E-state index in [1.54, 1.807) is 6.07 Å². The molecule has 3 aromatic heterocycles. The molecule has 1 amide bonds. The predicted molar refractivity (Wildman–Crippen MR) is 129 cm³/mol. The minimum atomic E-state index is -0.548. The Kier molecular flexibility index (Phi) is 5.91. The fourth-order valence-corrected chi connectivity index (χ4v) is 4.77. The van der Waals surface area contributed by atoms with Gasteiger partial charge in [0.1, 0.15) is 11.5 Å². The Morgan fingerprint density at radius 3 is 2.65 bits per heavy atom. The number of fused-ring (bicyclic) bond motifs is 1. The van der Waals surface area contributed by atoms with Gasteiger partial charge >= 0.3 is 0 Å². The van der Waals surface area contributed by atoms with Gasteiger partial charge in [0, 0.05) is 44.8 Å². The topological polar surface area (TPSA) is 91.2 Å². The van der Waals surface area contributed by atoms with Crippen LogP contribution in [0, 0.1) is 5.82 Å². The molecule has 0 radical (unpaired) electrons. The van der Waals surface area contributed by atoms with E-state index in [2.05, 4.69) is 49.5 Å². The van der Waals surface area contributed by atoms with E-state index in [1.807, 2.05) is 29.9 Å². The Bertz CT molecular complexity index is 1200. The first-order chi connectivity index (χ1) is 16.4. The van der Waals surface area contributed by atoms with E-state index in [9.17, 15) is 9.18 Å². The van der Waals surface area contributed by atoms with Gasteiger partial charge in [-0.25, -0.2) is 19.3 Å². The maximum Gasteiger partial charge on any atom is 0.253 e. The second-order valence-corrected chi connectivity index (χ2v) is 9.05. The van der Waals surface area contributed by atoms with Crippen molar-refractivity contribution in [2.24, 2.45) is 7.05 Å². The Morgan fingerprint density at radius 1 is 1.18 bits per heavy atom. The largest absolute Gasteiger partial charge is 0.370 e. The van der Waals surface area contributed by atoms with Gasteiger partial charge < -0.3 is 25.0 Å². The van der Waals surface area contributed by atoms with Crippen molar-refractivity contribution in [2.45, 2.75) is 25.3 Å². The maximum atomic E-state index is 14.7. The minimum absolute atomic E-state index is 0.141. The molecule has 0 atom stereocenters. The molecule has 0 spiro atoms. The Hall–Kier alpha value is -3.53. The SMILES string of the molecule is CN(C)C1CCN(c2ccc(Nc3ncc(F)c(-c4cc5c(n4C)CCNC5=O)n3)nc2)CC1. The molecule has 1 fully saturated rings. The highest BCUT2D eigenvalue weighted by atomic mass is 19.1. The average Bonchev–Trinajstić information content (AvgIpc) is 3.18. The molecule has 0 saturated carbocycles. The van der Waals surface area contributed by atoms with Gasteiger partial charge in [0.25, 0.3) is 5.91 Å². The lowest BCUT2D eigenvalue weighted by Gasteiger charge is -2.36. The van der Waals surface area contributed by atoms with E-state index in [-0.39, 0.29) is 17.5 Å². The van der Waals surface area contributed by atoms with Crippen molar-refractivity contribution in [1.82, 2.24) is 29.7 Å². The van der Waals surface area contributed by atoms with Crippen molar-refractivity contribution in [3.63, 3.8) is 0 Å². The lowest BCUT2D eigenvalue weighted by atomic mass is 10.0. The lowest BCUT2D eigenvalue weighted by molar-refractivity contribution is 0.0945. The monoisotopic (exact) mass is 464 g/mol. The maximum absolute atomic E-state index is 14.7. The van der Waals surface area contributed by atoms with Crippen molar-refractivity contribution >= 4 is 23.4 Å². The smallest absolute Gasteiger partial charge is 0.253 e. The minimum Gasteiger partial charge on any atom is -0.370 e. The Balaban J connectivity index is 1.33. The van der Waals surface area contributed by atoms with Gasteiger partial charge in [-0.15, -0.1) is 0 Å². The number of piperidine rings is 1. The molecular formula is C24H29FN8O. The van der Waals surface area contributed by atoms with Gasteiger partial charge in [0.15, 0.2) is 5.82 Å². The summed E-state index contributed by atoms with van der Waals surface area (Å²) in [5.41, 5.74) is 3.19. The number of hydrogen-bond acceptors (Lipinski definition) is 7. The van der Waals surface area contributed by atoms with Crippen LogP contribution in [0.5, 0.6) is 0 Å². The van der Waals surface area contributed by atoms with Crippen molar-refractivity contribution in [3.05, 3.63) is 47.7 Å². The summed E-state index contributed by atoms with van der Waals surface area (Å²) in [6.07, 6.45) is 5.93. The molecular weight excluding hydrogens is 435 g/mol. The summed E-state index contributed by atoms with van der Waals surface area (Å²) < 4.78 is 16.5. The van der Waals surface area contributed by atoms with Gasteiger partial charge in [-0.3, -0.25) is 4.79 Å². The zero-order valence-corrected chi connectivity index (χ0v) is 19.7. The summed E-state index contributed by atoms with van der Waals surface area (Å²) in [6.45, 7) is 2.57. The summed E-state index contributed by atoms with van der Waals surface area (Å²) in [7, 11) is 6.09. The third kappa shape index (κ3) is 4.21. The summed E-state index contributed by atoms with van der Waals surface area (Å²) in [5.74, 6) is 0.126. The van der Waals surface area contributed by atoms with E-state index in [1.165, 1.54) is 0 Å². The molecule has 0 bridgehead atoms. The molecule has 2 N–H and O–H groups in total. The van der Waals surface area contributed by atoms with E-state index in [0.717, 1.165) is 43.5 Å². The number of rotatable bonds is 5. The number of nitrogens with zero attached hydrogens (tertiary/aromatic N) is 6. The number of anilines is 3. The molecule has 1 saturated heterocycles.